The van der Waals surface area contributed by atoms with Crippen molar-refractivity contribution in [2.24, 2.45) is 5.73 Å². The zero-order chi connectivity index (χ0) is 14.6. The number of carboxylic acid groups (broad SMARTS) is 1. The number of sulfone groups is 1. The third-order valence-corrected chi connectivity index (χ3v) is 3.65. The van der Waals surface area contributed by atoms with E-state index in [2.05, 4.69) is 5.32 Å². The summed E-state index contributed by atoms with van der Waals surface area (Å²) in [5.41, 5.74) is 4.84. The molecule has 1 aliphatic rings. The summed E-state index contributed by atoms with van der Waals surface area (Å²) in [7, 11) is -3.32. The van der Waals surface area contributed by atoms with Crippen LogP contribution in [0.1, 0.15) is 6.42 Å². The molecule has 2 atom stereocenters. The molecule has 1 rings (SSSR count). The number of carbonyl (C=O) groups excluding carboxylic acids is 2. The number of carbonyl (C=O) groups is 3. The molecule has 5 N–H and O–H groups in total. The molecule has 2 unspecified atom stereocenters. The second-order valence-corrected chi connectivity index (χ2v) is 5.87. The Morgan fingerprint density at radius 2 is 2.05 bits per heavy atom. The van der Waals surface area contributed by atoms with E-state index in [1.54, 1.807) is 0 Å². The molecule has 0 fully saturated rings. The van der Waals surface area contributed by atoms with Gasteiger partial charge >= 0.3 is 12.0 Å². The van der Waals surface area contributed by atoms with Crippen LogP contribution in [0, 0.1) is 0 Å². The lowest BCUT2D eigenvalue weighted by atomic mass is 10.2. The molecule has 0 radical (unpaired) electrons. The van der Waals surface area contributed by atoms with Crippen molar-refractivity contribution in [1.82, 2.24) is 10.6 Å². The van der Waals surface area contributed by atoms with E-state index in [-0.39, 0.29) is 5.75 Å². The fourth-order valence-electron chi connectivity index (χ4n) is 1.44. The summed E-state index contributed by atoms with van der Waals surface area (Å²) < 4.78 is 22.2. The van der Waals surface area contributed by atoms with E-state index in [4.69, 9.17) is 10.8 Å². The number of amides is 3. The second-order valence-electron chi connectivity index (χ2n) is 3.94. The van der Waals surface area contributed by atoms with Gasteiger partial charge in [-0.15, -0.1) is 0 Å². The van der Waals surface area contributed by atoms with Gasteiger partial charge in [0.2, 0.25) is 5.91 Å². The smallest absolute Gasteiger partial charge is 0.326 e. The van der Waals surface area contributed by atoms with Gasteiger partial charge in [-0.05, 0) is 6.08 Å². The van der Waals surface area contributed by atoms with Crippen molar-refractivity contribution in [3.05, 3.63) is 11.5 Å². The van der Waals surface area contributed by atoms with Crippen LogP contribution >= 0.6 is 0 Å². The predicted octanol–water partition coefficient (Wildman–Crippen LogP) is -2.08. The number of carboxylic acids is 1. The standard InChI is InChI=1S/C9H13N3O6S/c10-7(13)3-6(8(14)15)12-9(16)11-5-1-2-19(17,18)4-5/h1-2,5-6H,3-4H2,(H2,10,13)(H,14,15)(H2,11,12,16). The molecule has 0 aromatic heterocycles. The van der Waals surface area contributed by atoms with Crippen molar-refractivity contribution < 1.29 is 27.9 Å². The van der Waals surface area contributed by atoms with E-state index in [0.29, 0.717) is 0 Å². The minimum Gasteiger partial charge on any atom is -0.480 e. The first-order valence-corrected chi connectivity index (χ1v) is 6.90. The number of nitrogens with two attached hydrogens (primary N) is 1. The molecule has 1 heterocycles. The van der Waals surface area contributed by atoms with Crippen LogP contribution in [-0.4, -0.2) is 49.3 Å². The lowest BCUT2D eigenvalue weighted by molar-refractivity contribution is -0.140. The Morgan fingerprint density at radius 3 is 2.47 bits per heavy atom. The summed E-state index contributed by atoms with van der Waals surface area (Å²) in [5.74, 6) is -2.58. The molecule has 9 nitrogen and oxygen atoms in total. The summed E-state index contributed by atoms with van der Waals surface area (Å²) >= 11 is 0. The number of primary amides is 1. The fourth-order valence-corrected chi connectivity index (χ4v) is 2.67. The van der Waals surface area contributed by atoms with Crippen LogP contribution in [0.15, 0.2) is 11.5 Å². The lowest BCUT2D eigenvalue weighted by Crippen LogP contribution is -2.50. The number of hydrogen-bond acceptors (Lipinski definition) is 5. The summed E-state index contributed by atoms with van der Waals surface area (Å²) in [6, 6.07) is -3.08. The second kappa shape index (κ2) is 5.69. The van der Waals surface area contributed by atoms with Crippen molar-refractivity contribution in [1.29, 1.82) is 0 Å². The normalized spacial score (nSPS) is 21.6. The van der Waals surface area contributed by atoms with Gasteiger partial charge in [0.15, 0.2) is 9.84 Å². The van der Waals surface area contributed by atoms with Crippen molar-refractivity contribution in [2.75, 3.05) is 5.75 Å². The molecular formula is C9H13N3O6S. The van der Waals surface area contributed by atoms with Crippen LogP contribution in [0.2, 0.25) is 0 Å². The van der Waals surface area contributed by atoms with E-state index < -0.39 is 46.2 Å². The van der Waals surface area contributed by atoms with Gasteiger partial charge in [-0.25, -0.2) is 18.0 Å². The van der Waals surface area contributed by atoms with E-state index in [0.717, 1.165) is 5.41 Å². The van der Waals surface area contributed by atoms with E-state index in [1.165, 1.54) is 6.08 Å². The number of urea groups is 1. The monoisotopic (exact) mass is 291 g/mol. The highest BCUT2D eigenvalue weighted by atomic mass is 32.2. The molecule has 1 aliphatic heterocycles. The molecule has 0 spiro atoms. The summed E-state index contributed by atoms with van der Waals surface area (Å²) in [6.07, 6.45) is 0.723. The first-order chi connectivity index (χ1) is 8.69. The van der Waals surface area contributed by atoms with Crippen LogP contribution in [0.3, 0.4) is 0 Å². The summed E-state index contributed by atoms with van der Waals surface area (Å²) in [6.45, 7) is 0. The van der Waals surface area contributed by atoms with Crippen molar-refractivity contribution in [3.63, 3.8) is 0 Å². The molecule has 0 bridgehead atoms. The Labute approximate surface area is 108 Å². The highest BCUT2D eigenvalue weighted by Crippen LogP contribution is 2.07. The molecule has 106 valence electrons. The third kappa shape index (κ3) is 4.95. The van der Waals surface area contributed by atoms with Gasteiger partial charge in [0.05, 0.1) is 18.2 Å². The maximum absolute atomic E-state index is 11.4. The SMILES string of the molecule is NC(=O)CC(NC(=O)NC1C=CS(=O)(=O)C1)C(=O)O. The average molecular weight is 291 g/mol. The maximum Gasteiger partial charge on any atom is 0.326 e. The summed E-state index contributed by atoms with van der Waals surface area (Å²) in [5, 5.41) is 14.0. The number of hydrogen-bond donors (Lipinski definition) is 4. The molecule has 0 aromatic rings. The van der Waals surface area contributed by atoms with Crippen molar-refractivity contribution in [3.8, 4) is 0 Å². The summed E-state index contributed by atoms with van der Waals surface area (Å²) in [4.78, 5) is 32.8. The van der Waals surface area contributed by atoms with E-state index in [1.807, 2.05) is 5.32 Å². The average Bonchev–Trinajstić information content (AvgIpc) is 2.56. The van der Waals surface area contributed by atoms with Gasteiger partial charge < -0.3 is 21.5 Å². The Morgan fingerprint density at radius 1 is 1.42 bits per heavy atom. The molecule has 3 amide bonds. The molecule has 0 saturated carbocycles. The van der Waals surface area contributed by atoms with Crippen molar-refractivity contribution >= 4 is 27.7 Å². The number of nitrogens with one attached hydrogen (secondary N) is 2. The third-order valence-electron chi connectivity index (χ3n) is 2.26. The molecular weight excluding hydrogens is 278 g/mol. The van der Waals surface area contributed by atoms with Crippen LogP contribution in [0.5, 0.6) is 0 Å². The Balaban J connectivity index is 2.52. The zero-order valence-corrected chi connectivity index (χ0v) is 10.5. The fraction of sp³-hybridized carbons (Fsp3) is 0.444. The first kappa shape index (κ1) is 15.0. The van der Waals surface area contributed by atoms with E-state index >= 15 is 0 Å². The van der Waals surface area contributed by atoms with Gasteiger partial charge in [-0.2, -0.15) is 0 Å². The zero-order valence-electron chi connectivity index (χ0n) is 9.70. The van der Waals surface area contributed by atoms with E-state index in [9.17, 15) is 22.8 Å². The molecule has 10 heteroatoms. The van der Waals surface area contributed by atoms with Gasteiger partial charge in [-0.3, -0.25) is 4.79 Å². The first-order valence-electron chi connectivity index (χ1n) is 5.19. The number of aliphatic carboxylic acids is 1. The van der Waals surface area contributed by atoms with Crippen LogP contribution in [0.4, 0.5) is 4.79 Å². The topological polar surface area (TPSA) is 156 Å². The van der Waals surface area contributed by atoms with Gasteiger partial charge in [0.1, 0.15) is 6.04 Å². The Bertz CT molecular complexity index is 526. The van der Waals surface area contributed by atoms with Crippen LogP contribution in [0.25, 0.3) is 0 Å². The number of rotatable bonds is 5. The van der Waals surface area contributed by atoms with Gasteiger partial charge in [0.25, 0.3) is 0 Å². The maximum atomic E-state index is 11.4. The Hall–Kier alpha value is -2.10. The molecule has 19 heavy (non-hydrogen) atoms. The minimum absolute atomic E-state index is 0.284. The minimum atomic E-state index is -3.32. The van der Waals surface area contributed by atoms with Crippen molar-refractivity contribution in [2.45, 2.75) is 18.5 Å². The Kier molecular flexibility index (Phi) is 4.48. The predicted molar refractivity (Wildman–Crippen MR) is 63.6 cm³/mol. The highest BCUT2D eigenvalue weighted by Gasteiger charge is 2.26. The molecule has 0 aromatic carbocycles. The quantitative estimate of drug-likeness (QED) is 0.455. The van der Waals surface area contributed by atoms with Crippen LogP contribution < -0.4 is 16.4 Å². The van der Waals surface area contributed by atoms with Crippen LogP contribution in [-0.2, 0) is 19.4 Å². The molecule has 0 saturated heterocycles. The highest BCUT2D eigenvalue weighted by molar-refractivity contribution is 7.94. The lowest BCUT2D eigenvalue weighted by Gasteiger charge is -2.15. The molecule has 0 aliphatic carbocycles. The van der Waals surface area contributed by atoms with Gasteiger partial charge in [-0.1, -0.05) is 0 Å². The van der Waals surface area contributed by atoms with Gasteiger partial charge in [0, 0.05) is 5.41 Å². The largest absolute Gasteiger partial charge is 0.480 e.